The molecule has 0 aromatic heterocycles. The number of rotatable bonds is 3. The zero-order valence-corrected chi connectivity index (χ0v) is 14.3. The SMILES string of the molecule is N#Cc1cc(C(=O)ON2C(=O)c3ccccc3C2=O)ccc1N1CCCC1. The fourth-order valence-electron chi connectivity index (χ4n) is 3.37. The van der Waals surface area contributed by atoms with Crippen LogP contribution in [0.1, 0.15) is 49.5 Å². The van der Waals surface area contributed by atoms with Crippen LogP contribution in [0.2, 0.25) is 0 Å². The third-order valence-corrected chi connectivity index (χ3v) is 4.73. The molecule has 1 saturated heterocycles. The number of nitriles is 1. The highest BCUT2D eigenvalue weighted by Gasteiger charge is 2.38. The molecule has 0 bridgehead atoms. The van der Waals surface area contributed by atoms with Gasteiger partial charge in [-0.25, -0.2) is 4.79 Å². The number of carbonyl (C=O) groups is 3. The third-order valence-electron chi connectivity index (χ3n) is 4.73. The van der Waals surface area contributed by atoms with Crippen LogP contribution in [0.3, 0.4) is 0 Å². The first-order valence-corrected chi connectivity index (χ1v) is 8.59. The van der Waals surface area contributed by atoms with E-state index in [1.54, 1.807) is 18.2 Å². The van der Waals surface area contributed by atoms with Crippen molar-refractivity contribution in [2.24, 2.45) is 0 Å². The molecule has 0 aliphatic carbocycles. The summed E-state index contributed by atoms with van der Waals surface area (Å²) in [5.74, 6) is -2.23. The Morgan fingerprint density at radius 2 is 1.63 bits per heavy atom. The van der Waals surface area contributed by atoms with Crippen LogP contribution >= 0.6 is 0 Å². The van der Waals surface area contributed by atoms with E-state index in [-0.39, 0.29) is 16.7 Å². The zero-order valence-electron chi connectivity index (χ0n) is 14.3. The van der Waals surface area contributed by atoms with Gasteiger partial charge in [-0.05, 0) is 43.2 Å². The van der Waals surface area contributed by atoms with Crippen molar-refractivity contribution < 1.29 is 19.2 Å². The Hall–Kier alpha value is -3.66. The molecule has 2 heterocycles. The summed E-state index contributed by atoms with van der Waals surface area (Å²) in [5, 5.41) is 9.89. The molecular formula is C20H15N3O4. The van der Waals surface area contributed by atoms with E-state index in [1.165, 1.54) is 24.3 Å². The number of fused-ring (bicyclic) bond motifs is 1. The fourth-order valence-corrected chi connectivity index (χ4v) is 3.37. The van der Waals surface area contributed by atoms with Crippen LogP contribution < -0.4 is 4.90 Å². The van der Waals surface area contributed by atoms with Gasteiger partial charge < -0.3 is 9.74 Å². The molecule has 7 nitrogen and oxygen atoms in total. The molecule has 2 aliphatic heterocycles. The maximum atomic E-state index is 12.5. The second-order valence-corrected chi connectivity index (χ2v) is 6.37. The summed E-state index contributed by atoms with van der Waals surface area (Å²) in [5.41, 5.74) is 1.61. The Morgan fingerprint density at radius 3 is 2.22 bits per heavy atom. The molecule has 2 aromatic carbocycles. The van der Waals surface area contributed by atoms with Gasteiger partial charge in [0, 0.05) is 13.1 Å². The Kier molecular flexibility index (Phi) is 4.09. The molecule has 2 aliphatic rings. The average Bonchev–Trinajstić information content (AvgIpc) is 3.31. The lowest BCUT2D eigenvalue weighted by Crippen LogP contribution is -2.32. The summed E-state index contributed by atoms with van der Waals surface area (Å²) in [6.45, 7) is 1.74. The second-order valence-electron chi connectivity index (χ2n) is 6.37. The number of carbonyl (C=O) groups excluding carboxylic acids is 3. The summed E-state index contributed by atoms with van der Waals surface area (Å²) in [6, 6.07) is 13.0. The molecule has 0 radical (unpaired) electrons. The molecular weight excluding hydrogens is 346 g/mol. The zero-order chi connectivity index (χ0) is 19.0. The van der Waals surface area contributed by atoms with E-state index in [2.05, 4.69) is 11.0 Å². The molecule has 0 N–H and O–H groups in total. The number of hydrogen-bond donors (Lipinski definition) is 0. The third kappa shape index (κ3) is 2.81. The Labute approximate surface area is 155 Å². The van der Waals surface area contributed by atoms with Crippen LogP contribution in [0.25, 0.3) is 0 Å². The molecule has 27 heavy (non-hydrogen) atoms. The van der Waals surface area contributed by atoms with Gasteiger partial charge in [0.1, 0.15) is 6.07 Å². The van der Waals surface area contributed by atoms with E-state index in [0.29, 0.717) is 10.6 Å². The first-order valence-electron chi connectivity index (χ1n) is 8.59. The molecule has 7 heteroatoms. The van der Waals surface area contributed by atoms with Crippen molar-refractivity contribution >= 4 is 23.5 Å². The number of benzene rings is 2. The summed E-state index contributed by atoms with van der Waals surface area (Å²) in [4.78, 5) is 44.2. The Morgan fingerprint density at radius 1 is 1.00 bits per heavy atom. The predicted molar refractivity (Wildman–Crippen MR) is 95.0 cm³/mol. The summed E-state index contributed by atoms with van der Waals surface area (Å²) < 4.78 is 0. The van der Waals surface area contributed by atoms with Crippen molar-refractivity contribution in [1.29, 1.82) is 5.26 Å². The van der Waals surface area contributed by atoms with Crippen LogP contribution in [-0.4, -0.2) is 35.9 Å². The molecule has 4 rings (SSSR count). The molecule has 0 atom stereocenters. The van der Waals surface area contributed by atoms with Gasteiger partial charge in [-0.2, -0.15) is 5.26 Å². The Balaban J connectivity index is 1.56. The van der Waals surface area contributed by atoms with Crippen molar-refractivity contribution in [3.8, 4) is 6.07 Å². The van der Waals surface area contributed by atoms with Crippen LogP contribution in [0.4, 0.5) is 5.69 Å². The lowest BCUT2D eigenvalue weighted by atomic mass is 10.1. The van der Waals surface area contributed by atoms with Crippen molar-refractivity contribution in [2.75, 3.05) is 18.0 Å². The molecule has 2 aromatic rings. The van der Waals surface area contributed by atoms with Crippen molar-refractivity contribution in [3.05, 3.63) is 64.7 Å². The minimum Gasteiger partial charge on any atom is -0.370 e. The summed E-state index contributed by atoms with van der Waals surface area (Å²) in [7, 11) is 0. The van der Waals surface area contributed by atoms with Gasteiger partial charge in [0.25, 0.3) is 11.8 Å². The molecule has 2 amide bonds. The van der Waals surface area contributed by atoms with E-state index in [0.717, 1.165) is 31.6 Å². The molecule has 0 spiro atoms. The highest BCUT2D eigenvalue weighted by atomic mass is 16.7. The van der Waals surface area contributed by atoms with Crippen LogP contribution in [0, 0.1) is 11.3 Å². The Bertz CT molecular complexity index is 968. The number of hydrogen-bond acceptors (Lipinski definition) is 6. The minimum atomic E-state index is -0.867. The van der Waals surface area contributed by atoms with Gasteiger partial charge in [0.2, 0.25) is 0 Å². The van der Waals surface area contributed by atoms with Gasteiger partial charge in [-0.3, -0.25) is 9.59 Å². The first kappa shape index (κ1) is 16.8. The average molecular weight is 361 g/mol. The highest BCUT2D eigenvalue weighted by molar-refractivity contribution is 6.21. The van der Waals surface area contributed by atoms with Gasteiger partial charge in [0.15, 0.2) is 0 Å². The van der Waals surface area contributed by atoms with Crippen molar-refractivity contribution in [3.63, 3.8) is 0 Å². The maximum Gasteiger partial charge on any atom is 0.363 e. The molecule has 1 fully saturated rings. The fraction of sp³-hybridized carbons (Fsp3) is 0.200. The summed E-state index contributed by atoms with van der Waals surface area (Å²) >= 11 is 0. The van der Waals surface area contributed by atoms with Crippen LogP contribution in [-0.2, 0) is 4.84 Å². The van der Waals surface area contributed by atoms with E-state index in [1.807, 2.05) is 0 Å². The van der Waals surface area contributed by atoms with Crippen molar-refractivity contribution in [2.45, 2.75) is 12.8 Å². The van der Waals surface area contributed by atoms with Crippen LogP contribution in [0.5, 0.6) is 0 Å². The largest absolute Gasteiger partial charge is 0.370 e. The molecule has 0 saturated carbocycles. The predicted octanol–water partition coefficient (Wildman–Crippen LogP) is 2.53. The molecule has 134 valence electrons. The second kappa shape index (κ2) is 6.57. The number of anilines is 1. The number of imide groups is 1. The van der Waals surface area contributed by atoms with Crippen LogP contribution in [0.15, 0.2) is 42.5 Å². The maximum absolute atomic E-state index is 12.5. The smallest absolute Gasteiger partial charge is 0.363 e. The van der Waals surface area contributed by atoms with Gasteiger partial charge in [-0.1, -0.05) is 17.2 Å². The number of hydroxylamine groups is 2. The van der Waals surface area contributed by atoms with Gasteiger partial charge >= 0.3 is 5.97 Å². The summed E-state index contributed by atoms with van der Waals surface area (Å²) in [6.07, 6.45) is 2.13. The minimum absolute atomic E-state index is 0.103. The number of amides is 2. The van der Waals surface area contributed by atoms with Gasteiger partial charge in [-0.15, -0.1) is 0 Å². The first-order chi connectivity index (χ1) is 13.1. The van der Waals surface area contributed by atoms with E-state index in [9.17, 15) is 19.6 Å². The normalized spacial score (nSPS) is 15.7. The van der Waals surface area contributed by atoms with Crippen molar-refractivity contribution in [1.82, 2.24) is 5.06 Å². The lowest BCUT2D eigenvalue weighted by molar-refractivity contribution is -0.0584. The topological polar surface area (TPSA) is 90.7 Å². The van der Waals surface area contributed by atoms with E-state index >= 15 is 0 Å². The monoisotopic (exact) mass is 361 g/mol. The lowest BCUT2D eigenvalue weighted by Gasteiger charge is -2.19. The number of nitrogens with zero attached hydrogens (tertiary/aromatic N) is 3. The standard InChI is InChI=1S/C20H15N3O4/c21-12-14-11-13(7-8-17(14)22-9-3-4-10-22)20(26)27-23-18(24)15-5-1-2-6-16(15)19(23)25/h1-2,5-8,11H,3-4,9-10H2. The quantitative estimate of drug-likeness (QED) is 0.780. The van der Waals surface area contributed by atoms with E-state index in [4.69, 9.17) is 4.84 Å². The highest BCUT2D eigenvalue weighted by Crippen LogP contribution is 2.27. The van der Waals surface area contributed by atoms with Gasteiger partial charge in [0.05, 0.1) is 27.9 Å². The molecule has 0 unspecified atom stereocenters. The van der Waals surface area contributed by atoms with E-state index < -0.39 is 17.8 Å².